The van der Waals surface area contributed by atoms with Crippen LogP contribution in [0.3, 0.4) is 0 Å². The van der Waals surface area contributed by atoms with Gasteiger partial charge in [-0.15, -0.1) is 0 Å². The first-order valence-electron chi connectivity index (χ1n) is 10.2. The van der Waals surface area contributed by atoms with Crippen LogP contribution in [0.15, 0.2) is 29.3 Å². The average Bonchev–Trinajstić information content (AvgIpc) is 3.37. The largest absolute Gasteiger partial charge is 0.497 e. The van der Waals surface area contributed by atoms with Crippen molar-refractivity contribution in [3.63, 3.8) is 0 Å². The molecule has 0 radical (unpaired) electrons. The number of aliphatic imine (C=N–C) groups is 1. The van der Waals surface area contributed by atoms with E-state index in [-0.39, 0.29) is 5.41 Å². The van der Waals surface area contributed by atoms with Crippen molar-refractivity contribution in [2.24, 2.45) is 10.4 Å². The van der Waals surface area contributed by atoms with Crippen molar-refractivity contribution in [3.05, 3.63) is 29.8 Å². The average molecular weight is 374 g/mol. The second-order valence-electron chi connectivity index (χ2n) is 8.24. The van der Waals surface area contributed by atoms with Crippen molar-refractivity contribution < 1.29 is 9.47 Å². The van der Waals surface area contributed by atoms with Gasteiger partial charge in [-0.1, -0.05) is 25.0 Å². The minimum Gasteiger partial charge on any atom is -0.497 e. The SMILES string of the molecule is CN=C(NCC1(CCOC)CCCC1)NCC1(c2ccc(OC)cc2)CC1. The molecule has 0 aliphatic heterocycles. The van der Waals surface area contributed by atoms with Crippen molar-refractivity contribution >= 4 is 5.96 Å². The number of hydrogen-bond donors (Lipinski definition) is 2. The third kappa shape index (κ3) is 4.95. The zero-order valence-corrected chi connectivity index (χ0v) is 17.1. The summed E-state index contributed by atoms with van der Waals surface area (Å²) in [7, 11) is 5.37. The van der Waals surface area contributed by atoms with Crippen molar-refractivity contribution in [1.29, 1.82) is 0 Å². The summed E-state index contributed by atoms with van der Waals surface area (Å²) in [6, 6.07) is 8.51. The molecule has 2 aliphatic rings. The Morgan fingerprint density at radius 1 is 1.00 bits per heavy atom. The Bertz CT molecular complexity index is 617. The van der Waals surface area contributed by atoms with Gasteiger partial charge in [-0.05, 0) is 55.2 Å². The Morgan fingerprint density at radius 3 is 2.22 bits per heavy atom. The quantitative estimate of drug-likeness (QED) is 0.514. The normalized spacial score (nSPS) is 20.3. The number of rotatable bonds is 9. The number of ether oxygens (including phenoxy) is 2. The molecule has 0 saturated heterocycles. The molecule has 27 heavy (non-hydrogen) atoms. The summed E-state index contributed by atoms with van der Waals surface area (Å²) < 4.78 is 10.6. The summed E-state index contributed by atoms with van der Waals surface area (Å²) in [4.78, 5) is 4.46. The topological polar surface area (TPSA) is 54.9 Å². The highest BCUT2D eigenvalue weighted by Crippen LogP contribution is 2.48. The number of nitrogens with zero attached hydrogens (tertiary/aromatic N) is 1. The predicted octanol–water partition coefficient (Wildman–Crippen LogP) is 3.49. The van der Waals surface area contributed by atoms with Gasteiger partial charge in [-0.2, -0.15) is 0 Å². The van der Waals surface area contributed by atoms with E-state index in [0.29, 0.717) is 5.41 Å². The van der Waals surface area contributed by atoms with Gasteiger partial charge >= 0.3 is 0 Å². The van der Waals surface area contributed by atoms with Crippen LogP contribution in [0.4, 0.5) is 0 Å². The second-order valence-corrected chi connectivity index (χ2v) is 8.24. The number of nitrogens with one attached hydrogen (secondary N) is 2. The fourth-order valence-electron chi connectivity index (χ4n) is 4.37. The van der Waals surface area contributed by atoms with Gasteiger partial charge in [0.2, 0.25) is 0 Å². The van der Waals surface area contributed by atoms with Crippen molar-refractivity contribution in [1.82, 2.24) is 10.6 Å². The van der Waals surface area contributed by atoms with Gasteiger partial charge in [0, 0.05) is 39.3 Å². The summed E-state index contributed by atoms with van der Waals surface area (Å²) in [5.41, 5.74) is 1.99. The number of methoxy groups -OCH3 is 2. The molecule has 2 aliphatic carbocycles. The highest BCUT2D eigenvalue weighted by Gasteiger charge is 2.44. The fraction of sp³-hybridized carbons (Fsp3) is 0.682. The van der Waals surface area contributed by atoms with Gasteiger partial charge in [0.15, 0.2) is 5.96 Å². The molecule has 0 heterocycles. The van der Waals surface area contributed by atoms with Crippen molar-refractivity contribution in [2.75, 3.05) is 41.0 Å². The lowest BCUT2D eigenvalue weighted by Gasteiger charge is -2.30. The zero-order chi connectivity index (χ0) is 19.2. The molecule has 1 aromatic rings. The van der Waals surface area contributed by atoms with Crippen LogP contribution in [0.1, 0.15) is 50.5 Å². The Kier molecular flexibility index (Phi) is 6.64. The van der Waals surface area contributed by atoms with Crippen LogP contribution in [-0.2, 0) is 10.2 Å². The molecule has 1 aromatic carbocycles. The molecule has 0 spiro atoms. The van der Waals surface area contributed by atoms with Crippen LogP contribution in [0, 0.1) is 5.41 Å². The van der Waals surface area contributed by atoms with Gasteiger partial charge in [0.25, 0.3) is 0 Å². The number of guanidine groups is 1. The first-order chi connectivity index (χ1) is 13.2. The third-order valence-electron chi connectivity index (χ3n) is 6.51. The molecular formula is C22H35N3O2. The van der Waals surface area contributed by atoms with Gasteiger partial charge < -0.3 is 20.1 Å². The van der Waals surface area contributed by atoms with Crippen molar-refractivity contribution in [3.8, 4) is 5.75 Å². The van der Waals surface area contributed by atoms with Crippen LogP contribution in [-0.4, -0.2) is 46.9 Å². The van der Waals surface area contributed by atoms with Crippen molar-refractivity contribution in [2.45, 2.75) is 50.4 Å². The molecule has 0 aromatic heterocycles. The lowest BCUT2D eigenvalue weighted by molar-refractivity contribution is 0.138. The van der Waals surface area contributed by atoms with Crippen LogP contribution < -0.4 is 15.4 Å². The molecule has 0 atom stereocenters. The molecule has 5 nitrogen and oxygen atoms in total. The molecule has 2 N–H and O–H groups in total. The maximum Gasteiger partial charge on any atom is 0.191 e. The van der Waals surface area contributed by atoms with Crippen LogP contribution in [0.5, 0.6) is 5.75 Å². The second kappa shape index (κ2) is 8.96. The first kappa shape index (κ1) is 20.0. The smallest absolute Gasteiger partial charge is 0.191 e. The first-order valence-corrected chi connectivity index (χ1v) is 10.2. The van der Waals surface area contributed by atoms with E-state index in [9.17, 15) is 0 Å². The molecular weight excluding hydrogens is 338 g/mol. The highest BCUT2D eigenvalue weighted by atomic mass is 16.5. The molecule has 0 bridgehead atoms. The van der Waals surface area contributed by atoms with E-state index < -0.39 is 0 Å². The molecule has 3 rings (SSSR count). The maximum absolute atomic E-state index is 5.35. The van der Waals surface area contributed by atoms with E-state index >= 15 is 0 Å². The van der Waals surface area contributed by atoms with Gasteiger partial charge in [0.1, 0.15) is 5.75 Å². The Balaban J connectivity index is 1.53. The molecule has 2 fully saturated rings. The van der Waals surface area contributed by atoms with E-state index in [1.807, 2.05) is 7.05 Å². The van der Waals surface area contributed by atoms with Crippen LogP contribution >= 0.6 is 0 Å². The monoisotopic (exact) mass is 373 g/mol. The zero-order valence-electron chi connectivity index (χ0n) is 17.1. The standard InChI is InChI=1S/C22H35N3O2/c1-23-20(24-16-21(14-15-26-2)10-4-5-11-21)25-17-22(12-13-22)18-6-8-19(27-3)9-7-18/h6-9H,4-5,10-17H2,1-3H3,(H2,23,24,25). The van der Waals surface area contributed by atoms with Crippen LogP contribution in [0.25, 0.3) is 0 Å². The van der Waals surface area contributed by atoms with Crippen LogP contribution in [0.2, 0.25) is 0 Å². The lowest BCUT2D eigenvalue weighted by Crippen LogP contribution is -2.45. The summed E-state index contributed by atoms with van der Waals surface area (Å²) >= 11 is 0. The van der Waals surface area contributed by atoms with E-state index in [1.165, 1.54) is 44.1 Å². The molecule has 5 heteroatoms. The molecule has 0 unspecified atom stereocenters. The predicted molar refractivity (Wildman–Crippen MR) is 111 cm³/mol. The number of hydrogen-bond acceptors (Lipinski definition) is 3. The van der Waals surface area contributed by atoms with E-state index in [2.05, 4.69) is 39.9 Å². The van der Waals surface area contributed by atoms with E-state index in [0.717, 1.165) is 37.8 Å². The van der Waals surface area contributed by atoms with E-state index in [4.69, 9.17) is 9.47 Å². The lowest BCUT2D eigenvalue weighted by atomic mass is 9.83. The Hall–Kier alpha value is -1.75. The summed E-state index contributed by atoms with van der Waals surface area (Å²) in [5, 5.41) is 7.17. The van der Waals surface area contributed by atoms with Gasteiger partial charge in [0.05, 0.1) is 7.11 Å². The summed E-state index contributed by atoms with van der Waals surface area (Å²) in [6.45, 7) is 2.74. The molecule has 2 saturated carbocycles. The summed E-state index contributed by atoms with van der Waals surface area (Å²) in [6.07, 6.45) is 8.81. The fourth-order valence-corrected chi connectivity index (χ4v) is 4.37. The summed E-state index contributed by atoms with van der Waals surface area (Å²) in [5.74, 6) is 1.83. The highest BCUT2D eigenvalue weighted by molar-refractivity contribution is 5.79. The van der Waals surface area contributed by atoms with Gasteiger partial charge in [-0.25, -0.2) is 0 Å². The Morgan fingerprint density at radius 2 is 1.67 bits per heavy atom. The minimum atomic E-state index is 0.241. The maximum atomic E-state index is 5.35. The van der Waals surface area contributed by atoms with Gasteiger partial charge in [-0.3, -0.25) is 4.99 Å². The molecule has 0 amide bonds. The third-order valence-corrected chi connectivity index (χ3v) is 6.51. The molecule has 150 valence electrons. The Labute approximate surface area is 163 Å². The van der Waals surface area contributed by atoms with E-state index in [1.54, 1.807) is 14.2 Å². The minimum absolute atomic E-state index is 0.241. The number of benzene rings is 1.